The molecular weight excluding hydrogens is 358 g/mol. The molecule has 2 rings (SSSR count). The van der Waals surface area contributed by atoms with Gasteiger partial charge in [-0.15, -0.1) is 0 Å². The van der Waals surface area contributed by atoms with Crippen molar-refractivity contribution >= 4 is 39.1 Å². The molecule has 0 radical (unpaired) electrons. The highest BCUT2D eigenvalue weighted by atomic mass is 79.9. The standard InChI is InChI=1S/C15H13BrClNO3/c1-20-13-7-11(17)12(8-14(13)21-2)18-15(19)9-5-3-4-6-10(9)16/h3-8H,1-2H3,(H,18,19). The zero-order valence-electron chi connectivity index (χ0n) is 11.4. The van der Waals surface area contributed by atoms with Crippen molar-refractivity contribution in [3.8, 4) is 11.5 Å². The summed E-state index contributed by atoms with van der Waals surface area (Å²) in [4.78, 5) is 12.3. The molecule has 2 aromatic carbocycles. The fraction of sp³-hybridized carbons (Fsp3) is 0.133. The molecule has 2 aromatic rings. The molecule has 0 heterocycles. The number of carbonyl (C=O) groups is 1. The summed E-state index contributed by atoms with van der Waals surface area (Å²) >= 11 is 9.49. The van der Waals surface area contributed by atoms with E-state index in [-0.39, 0.29) is 5.91 Å². The van der Waals surface area contributed by atoms with Crippen LogP contribution in [0.3, 0.4) is 0 Å². The van der Waals surface area contributed by atoms with Crippen LogP contribution in [0.4, 0.5) is 5.69 Å². The van der Waals surface area contributed by atoms with Crippen molar-refractivity contribution in [1.82, 2.24) is 0 Å². The Balaban J connectivity index is 2.31. The van der Waals surface area contributed by atoms with E-state index in [1.807, 2.05) is 6.07 Å². The number of ether oxygens (including phenoxy) is 2. The van der Waals surface area contributed by atoms with E-state index in [1.54, 1.807) is 30.3 Å². The molecule has 0 saturated carbocycles. The quantitative estimate of drug-likeness (QED) is 0.869. The summed E-state index contributed by atoms with van der Waals surface area (Å²) in [6.07, 6.45) is 0. The summed E-state index contributed by atoms with van der Waals surface area (Å²) in [5, 5.41) is 3.13. The number of methoxy groups -OCH3 is 2. The molecule has 0 fully saturated rings. The maximum atomic E-state index is 12.3. The van der Waals surface area contributed by atoms with Gasteiger partial charge in [-0.05, 0) is 28.1 Å². The maximum Gasteiger partial charge on any atom is 0.256 e. The van der Waals surface area contributed by atoms with Crippen molar-refractivity contribution in [1.29, 1.82) is 0 Å². The first-order valence-electron chi connectivity index (χ1n) is 6.04. The second kappa shape index (κ2) is 6.83. The van der Waals surface area contributed by atoms with Crippen LogP contribution in [0, 0.1) is 0 Å². The highest BCUT2D eigenvalue weighted by Gasteiger charge is 2.14. The highest BCUT2D eigenvalue weighted by molar-refractivity contribution is 9.10. The summed E-state index contributed by atoms with van der Waals surface area (Å²) in [7, 11) is 3.04. The minimum absolute atomic E-state index is 0.267. The van der Waals surface area contributed by atoms with Gasteiger partial charge in [-0.1, -0.05) is 23.7 Å². The Morgan fingerprint density at radius 1 is 1.14 bits per heavy atom. The Morgan fingerprint density at radius 3 is 2.38 bits per heavy atom. The Kier molecular flexibility index (Phi) is 5.09. The molecule has 1 amide bonds. The van der Waals surface area contributed by atoms with Crippen LogP contribution < -0.4 is 14.8 Å². The van der Waals surface area contributed by atoms with Crippen LogP contribution in [-0.2, 0) is 0 Å². The monoisotopic (exact) mass is 369 g/mol. The minimum atomic E-state index is -0.267. The van der Waals surface area contributed by atoms with Crippen LogP contribution in [0.2, 0.25) is 5.02 Å². The topological polar surface area (TPSA) is 47.6 Å². The number of halogens is 2. The van der Waals surface area contributed by atoms with Gasteiger partial charge >= 0.3 is 0 Å². The molecule has 1 N–H and O–H groups in total. The number of hydrogen-bond donors (Lipinski definition) is 1. The van der Waals surface area contributed by atoms with Crippen LogP contribution >= 0.6 is 27.5 Å². The molecule has 0 aliphatic rings. The van der Waals surface area contributed by atoms with Gasteiger partial charge in [-0.3, -0.25) is 4.79 Å². The molecule has 6 heteroatoms. The molecule has 0 aliphatic heterocycles. The number of amides is 1. The SMILES string of the molecule is COc1cc(Cl)c(NC(=O)c2ccccc2Br)cc1OC. The number of hydrogen-bond acceptors (Lipinski definition) is 3. The molecule has 110 valence electrons. The first-order chi connectivity index (χ1) is 10.1. The van der Waals surface area contributed by atoms with Gasteiger partial charge in [0.2, 0.25) is 0 Å². The summed E-state index contributed by atoms with van der Waals surface area (Å²) in [6.45, 7) is 0. The van der Waals surface area contributed by atoms with Crippen molar-refractivity contribution in [2.45, 2.75) is 0 Å². The number of nitrogens with one attached hydrogen (secondary N) is 1. The van der Waals surface area contributed by atoms with Gasteiger partial charge in [0.15, 0.2) is 11.5 Å². The summed E-state index contributed by atoms with van der Waals surface area (Å²) in [5.74, 6) is 0.724. The predicted octanol–water partition coefficient (Wildman–Crippen LogP) is 4.37. The summed E-state index contributed by atoms with van der Waals surface area (Å²) in [6, 6.07) is 10.4. The average molecular weight is 371 g/mol. The molecule has 0 atom stereocenters. The maximum absolute atomic E-state index is 12.3. The lowest BCUT2D eigenvalue weighted by Crippen LogP contribution is -2.13. The van der Waals surface area contributed by atoms with Crippen molar-refractivity contribution in [2.24, 2.45) is 0 Å². The average Bonchev–Trinajstić information content (AvgIpc) is 2.49. The molecular formula is C15H13BrClNO3. The van der Waals surface area contributed by atoms with E-state index in [4.69, 9.17) is 21.1 Å². The van der Waals surface area contributed by atoms with E-state index >= 15 is 0 Å². The van der Waals surface area contributed by atoms with Crippen LogP contribution in [0.1, 0.15) is 10.4 Å². The highest BCUT2D eigenvalue weighted by Crippen LogP contribution is 2.36. The Hall–Kier alpha value is -1.72. The fourth-order valence-corrected chi connectivity index (χ4v) is 2.45. The van der Waals surface area contributed by atoms with Crippen LogP contribution in [0.15, 0.2) is 40.9 Å². The van der Waals surface area contributed by atoms with E-state index in [9.17, 15) is 4.79 Å². The fourth-order valence-electron chi connectivity index (χ4n) is 1.78. The van der Waals surface area contributed by atoms with E-state index in [0.29, 0.717) is 32.2 Å². The third-order valence-electron chi connectivity index (χ3n) is 2.84. The first kappa shape index (κ1) is 15.7. The molecule has 0 aromatic heterocycles. The van der Waals surface area contributed by atoms with E-state index < -0.39 is 0 Å². The van der Waals surface area contributed by atoms with Crippen molar-refractivity contribution in [2.75, 3.05) is 19.5 Å². The first-order valence-corrected chi connectivity index (χ1v) is 7.21. The van der Waals surface area contributed by atoms with Gasteiger partial charge in [0.05, 0.1) is 30.5 Å². The zero-order chi connectivity index (χ0) is 15.4. The van der Waals surface area contributed by atoms with Crippen LogP contribution in [0.5, 0.6) is 11.5 Å². The molecule has 0 aliphatic carbocycles. The largest absolute Gasteiger partial charge is 0.493 e. The van der Waals surface area contributed by atoms with E-state index in [2.05, 4.69) is 21.2 Å². The Morgan fingerprint density at radius 2 is 1.76 bits per heavy atom. The number of anilines is 1. The lowest BCUT2D eigenvalue weighted by Gasteiger charge is -2.13. The predicted molar refractivity (Wildman–Crippen MR) is 86.7 cm³/mol. The van der Waals surface area contributed by atoms with Crippen molar-refractivity contribution in [3.63, 3.8) is 0 Å². The second-order valence-corrected chi connectivity index (χ2v) is 5.38. The molecule has 4 nitrogen and oxygen atoms in total. The Labute approximate surface area is 136 Å². The third-order valence-corrected chi connectivity index (χ3v) is 3.84. The number of rotatable bonds is 4. The summed E-state index contributed by atoms with van der Waals surface area (Å²) < 4.78 is 11.1. The normalized spacial score (nSPS) is 10.1. The van der Waals surface area contributed by atoms with Crippen molar-refractivity contribution < 1.29 is 14.3 Å². The van der Waals surface area contributed by atoms with Gasteiger partial charge < -0.3 is 14.8 Å². The van der Waals surface area contributed by atoms with Gasteiger partial charge in [0.1, 0.15) is 0 Å². The van der Waals surface area contributed by atoms with Gasteiger partial charge in [-0.25, -0.2) is 0 Å². The van der Waals surface area contributed by atoms with Gasteiger partial charge in [0.25, 0.3) is 5.91 Å². The third kappa shape index (κ3) is 3.49. The Bertz CT molecular complexity index is 676. The van der Waals surface area contributed by atoms with Gasteiger partial charge in [-0.2, -0.15) is 0 Å². The van der Waals surface area contributed by atoms with Crippen LogP contribution in [-0.4, -0.2) is 20.1 Å². The van der Waals surface area contributed by atoms with E-state index in [0.717, 1.165) is 0 Å². The lowest BCUT2D eigenvalue weighted by atomic mass is 10.2. The molecule has 0 spiro atoms. The van der Waals surface area contributed by atoms with Crippen molar-refractivity contribution in [3.05, 3.63) is 51.5 Å². The van der Waals surface area contributed by atoms with E-state index in [1.165, 1.54) is 14.2 Å². The van der Waals surface area contributed by atoms with Gasteiger partial charge in [0, 0.05) is 16.6 Å². The molecule has 0 bridgehead atoms. The molecule has 0 saturated heterocycles. The minimum Gasteiger partial charge on any atom is -0.493 e. The smallest absolute Gasteiger partial charge is 0.256 e. The molecule has 0 unspecified atom stereocenters. The number of benzene rings is 2. The summed E-state index contributed by atoms with van der Waals surface area (Å²) in [5.41, 5.74) is 0.971. The second-order valence-electron chi connectivity index (χ2n) is 4.12. The number of carbonyl (C=O) groups excluding carboxylic acids is 1. The zero-order valence-corrected chi connectivity index (χ0v) is 13.8. The molecule has 21 heavy (non-hydrogen) atoms. The van der Waals surface area contributed by atoms with Crippen LogP contribution in [0.25, 0.3) is 0 Å². The lowest BCUT2D eigenvalue weighted by molar-refractivity contribution is 0.102.